The minimum absolute atomic E-state index is 0.00726. The van der Waals surface area contributed by atoms with Gasteiger partial charge in [0.2, 0.25) is 0 Å². The van der Waals surface area contributed by atoms with Gasteiger partial charge in [-0.3, -0.25) is 0 Å². The highest BCUT2D eigenvalue weighted by molar-refractivity contribution is 5.74. The summed E-state index contributed by atoms with van der Waals surface area (Å²) in [5, 5.41) is 14.9. The fourth-order valence-electron chi connectivity index (χ4n) is 2.20. The molecule has 1 aromatic carbocycles. The summed E-state index contributed by atoms with van der Waals surface area (Å²) in [5.74, 6) is 0.309. The van der Waals surface area contributed by atoms with Crippen LogP contribution in [0.2, 0.25) is 0 Å². The maximum Gasteiger partial charge on any atom is 0.315 e. The fourth-order valence-corrected chi connectivity index (χ4v) is 2.20. The number of rotatable bonds is 7. The van der Waals surface area contributed by atoms with E-state index in [1.54, 1.807) is 0 Å². The van der Waals surface area contributed by atoms with Crippen LogP contribution in [0.5, 0.6) is 0 Å². The quantitative estimate of drug-likeness (QED) is 0.723. The normalized spacial score (nSPS) is 13.0. The monoisotopic (exact) mass is 292 g/mol. The smallest absolute Gasteiger partial charge is 0.315 e. The minimum Gasteiger partial charge on any atom is -0.396 e. The van der Waals surface area contributed by atoms with E-state index in [-0.39, 0.29) is 24.1 Å². The fraction of sp³-hybridized carbons (Fsp3) is 0.588. The van der Waals surface area contributed by atoms with E-state index >= 15 is 0 Å². The van der Waals surface area contributed by atoms with Crippen LogP contribution < -0.4 is 10.6 Å². The molecular formula is C17H28N2O2. The van der Waals surface area contributed by atoms with Gasteiger partial charge >= 0.3 is 6.03 Å². The zero-order chi connectivity index (χ0) is 15.9. The molecule has 0 heterocycles. The Balaban J connectivity index is 2.58. The molecule has 3 N–H and O–H groups in total. The van der Waals surface area contributed by atoms with Crippen molar-refractivity contribution in [2.24, 2.45) is 11.3 Å². The number of carbonyl (C=O) groups is 1. The van der Waals surface area contributed by atoms with Gasteiger partial charge in [-0.1, -0.05) is 58.0 Å². The van der Waals surface area contributed by atoms with Crippen molar-refractivity contribution in [3.05, 3.63) is 35.9 Å². The summed E-state index contributed by atoms with van der Waals surface area (Å²) in [5.41, 5.74) is 1.00. The summed E-state index contributed by atoms with van der Waals surface area (Å²) < 4.78 is 0. The van der Waals surface area contributed by atoms with Gasteiger partial charge in [-0.2, -0.15) is 0 Å². The molecule has 21 heavy (non-hydrogen) atoms. The number of hydrogen-bond acceptors (Lipinski definition) is 2. The summed E-state index contributed by atoms with van der Waals surface area (Å²) in [7, 11) is 0. The van der Waals surface area contributed by atoms with Crippen LogP contribution in [0.15, 0.2) is 30.3 Å². The van der Waals surface area contributed by atoms with Gasteiger partial charge < -0.3 is 15.7 Å². The first-order chi connectivity index (χ1) is 9.85. The second kappa shape index (κ2) is 8.03. The number of nitrogens with one attached hydrogen (secondary N) is 2. The first kappa shape index (κ1) is 17.5. The van der Waals surface area contributed by atoms with Crippen LogP contribution in [0.25, 0.3) is 0 Å². The van der Waals surface area contributed by atoms with Crippen molar-refractivity contribution in [2.75, 3.05) is 13.2 Å². The van der Waals surface area contributed by atoms with E-state index in [2.05, 4.69) is 24.5 Å². The lowest BCUT2D eigenvalue weighted by atomic mass is 9.90. The topological polar surface area (TPSA) is 61.4 Å². The van der Waals surface area contributed by atoms with Gasteiger partial charge in [0.1, 0.15) is 0 Å². The Morgan fingerprint density at radius 3 is 2.38 bits per heavy atom. The van der Waals surface area contributed by atoms with E-state index in [0.717, 1.165) is 5.56 Å². The van der Waals surface area contributed by atoms with Gasteiger partial charge in [0.15, 0.2) is 0 Å². The van der Waals surface area contributed by atoms with Crippen molar-refractivity contribution >= 4 is 6.03 Å². The van der Waals surface area contributed by atoms with Crippen molar-refractivity contribution in [2.45, 2.75) is 40.2 Å². The Morgan fingerprint density at radius 2 is 1.86 bits per heavy atom. The zero-order valence-electron chi connectivity index (χ0n) is 13.5. The number of aliphatic hydroxyl groups is 1. The summed E-state index contributed by atoms with van der Waals surface area (Å²) in [6, 6.07) is 9.82. The third-order valence-corrected chi connectivity index (χ3v) is 3.63. The molecule has 0 radical (unpaired) electrons. The maximum atomic E-state index is 12.1. The highest BCUT2D eigenvalue weighted by Crippen LogP contribution is 2.21. The van der Waals surface area contributed by atoms with E-state index < -0.39 is 0 Å². The molecular weight excluding hydrogens is 264 g/mol. The second-order valence-electron chi connectivity index (χ2n) is 6.60. The molecule has 118 valence electrons. The lowest BCUT2D eigenvalue weighted by molar-refractivity contribution is 0.199. The molecule has 0 aliphatic rings. The van der Waals surface area contributed by atoms with Crippen LogP contribution in [-0.4, -0.2) is 24.3 Å². The average Bonchev–Trinajstić information content (AvgIpc) is 2.43. The van der Waals surface area contributed by atoms with E-state index in [1.165, 1.54) is 0 Å². The number of aliphatic hydroxyl groups excluding tert-OH is 1. The van der Waals surface area contributed by atoms with Crippen molar-refractivity contribution in [1.82, 2.24) is 10.6 Å². The Morgan fingerprint density at radius 1 is 1.24 bits per heavy atom. The summed E-state index contributed by atoms with van der Waals surface area (Å²) in [4.78, 5) is 12.1. The molecule has 4 nitrogen and oxygen atoms in total. The molecule has 0 aliphatic heterocycles. The number of benzene rings is 1. The third-order valence-electron chi connectivity index (χ3n) is 3.63. The van der Waals surface area contributed by atoms with Gasteiger partial charge in [0, 0.05) is 13.2 Å². The summed E-state index contributed by atoms with van der Waals surface area (Å²) >= 11 is 0. The standard InChI is InChI=1S/C17H28N2O2/c1-13(2)15(14-8-6-5-7-9-14)19-16(21)18-12-17(3,4)10-11-20/h5-9,13,15,20H,10-12H2,1-4H3,(H2,18,19,21). The molecule has 0 fully saturated rings. The molecule has 0 saturated carbocycles. The van der Waals surface area contributed by atoms with Crippen LogP contribution in [0.4, 0.5) is 4.79 Å². The lowest BCUT2D eigenvalue weighted by Crippen LogP contribution is -2.43. The Kier molecular flexibility index (Phi) is 6.69. The third kappa shape index (κ3) is 6.17. The molecule has 0 aromatic heterocycles. The highest BCUT2D eigenvalue weighted by Gasteiger charge is 2.21. The minimum atomic E-state index is -0.163. The first-order valence-electron chi connectivity index (χ1n) is 7.56. The zero-order valence-corrected chi connectivity index (χ0v) is 13.5. The van der Waals surface area contributed by atoms with E-state index in [9.17, 15) is 4.79 Å². The van der Waals surface area contributed by atoms with Crippen molar-refractivity contribution in [1.29, 1.82) is 0 Å². The molecule has 4 heteroatoms. The summed E-state index contributed by atoms with van der Waals surface area (Å²) in [6.07, 6.45) is 0.666. The molecule has 1 unspecified atom stereocenters. The van der Waals surface area contributed by atoms with Gasteiger partial charge in [-0.05, 0) is 23.3 Å². The number of amides is 2. The van der Waals surface area contributed by atoms with Crippen molar-refractivity contribution in [3.8, 4) is 0 Å². The van der Waals surface area contributed by atoms with Gasteiger partial charge in [-0.25, -0.2) is 4.79 Å². The van der Waals surface area contributed by atoms with E-state index in [0.29, 0.717) is 18.9 Å². The maximum absolute atomic E-state index is 12.1. The predicted molar refractivity (Wildman–Crippen MR) is 86.0 cm³/mol. The largest absolute Gasteiger partial charge is 0.396 e. The second-order valence-corrected chi connectivity index (χ2v) is 6.60. The van der Waals surface area contributed by atoms with E-state index in [1.807, 2.05) is 44.2 Å². The molecule has 0 spiro atoms. The molecule has 2 amide bonds. The Labute approximate surface area is 128 Å². The van der Waals surface area contributed by atoms with Gasteiger partial charge in [-0.15, -0.1) is 0 Å². The summed E-state index contributed by atoms with van der Waals surface area (Å²) in [6.45, 7) is 8.91. The van der Waals surface area contributed by atoms with Gasteiger partial charge in [0.25, 0.3) is 0 Å². The first-order valence-corrected chi connectivity index (χ1v) is 7.56. The van der Waals surface area contributed by atoms with Crippen LogP contribution in [0.3, 0.4) is 0 Å². The van der Waals surface area contributed by atoms with E-state index in [4.69, 9.17) is 5.11 Å². The number of carbonyl (C=O) groups excluding carboxylic acids is 1. The Bertz CT molecular complexity index is 430. The predicted octanol–water partition coefficient (Wildman–Crippen LogP) is 3.09. The van der Waals surface area contributed by atoms with Crippen LogP contribution in [-0.2, 0) is 0 Å². The molecule has 0 aliphatic carbocycles. The van der Waals surface area contributed by atoms with Crippen molar-refractivity contribution < 1.29 is 9.90 Å². The van der Waals surface area contributed by atoms with Gasteiger partial charge in [0.05, 0.1) is 6.04 Å². The van der Waals surface area contributed by atoms with Crippen molar-refractivity contribution in [3.63, 3.8) is 0 Å². The molecule has 1 rings (SSSR count). The van der Waals surface area contributed by atoms with Crippen LogP contribution >= 0.6 is 0 Å². The van der Waals surface area contributed by atoms with Crippen LogP contribution in [0, 0.1) is 11.3 Å². The SMILES string of the molecule is CC(C)C(NC(=O)NCC(C)(C)CCO)c1ccccc1. The number of urea groups is 1. The Hall–Kier alpha value is -1.55. The lowest BCUT2D eigenvalue weighted by Gasteiger charge is -2.26. The molecule has 0 bridgehead atoms. The molecule has 1 aromatic rings. The molecule has 0 saturated heterocycles. The highest BCUT2D eigenvalue weighted by atomic mass is 16.3. The molecule has 1 atom stereocenters. The van der Waals surface area contributed by atoms with Crippen LogP contribution in [0.1, 0.15) is 45.7 Å². The number of hydrogen-bond donors (Lipinski definition) is 3. The average molecular weight is 292 g/mol.